The SMILES string of the molecule is CNc1cccc(/C=C2/c3ccc(F)cc3CCc3nc(C(F)(F)F)ccc32)c1. The van der Waals surface area contributed by atoms with Gasteiger partial charge in [0.2, 0.25) is 0 Å². The minimum absolute atomic E-state index is 0.309. The largest absolute Gasteiger partial charge is 0.433 e. The average molecular weight is 398 g/mol. The number of anilines is 1. The molecule has 1 heterocycles. The molecule has 3 aromatic rings. The maximum absolute atomic E-state index is 13.8. The Bertz CT molecular complexity index is 1100. The van der Waals surface area contributed by atoms with Crippen molar-refractivity contribution in [2.45, 2.75) is 19.0 Å². The van der Waals surface area contributed by atoms with E-state index in [0.717, 1.165) is 34.0 Å². The van der Waals surface area contributed by atoms with E-state index in [2.05, 4.69) is 10.3 Å². The lowest BCUT2D eigenvalue weighted by Gasteiger charge is -2.14. The van der Waals surface area contributed by atoms with E-state index in [-0.39, 0.29) is 5.82 Å². The number of benzene rings is 2. The van der Waals surface area contributed by atoms with Crippen molar-refractivity contribution in [3.05, 3.63) is 94.1 Å². The third-order valence-electron chi connectivity index (χ3n) is 5.03. The zero-order valence-electron chi connectivity index (χ0n) is 15.6. The molecule has 0 saturated carbocycles. The predicted molar refractivity (Wildman–Crippen MR) is 106 cm³/mol. The van der Waals surface area contributed by atoms with Crippen molar-refractivity contribution < 1.29 is 17.6 Å². The van der Waals surface area contributed by atoms with Gasteiger partial charge in [0, 0.05) is 24.0 Å². The summed E-state index contributed by atoms with van der Waals surface area (Å²) < 4.78 is 53.3. The lowest BCUT2D eigenvalue weighted by atomic mass is 9.93. The molecular weight excluding hydrogens is 380 g/mol. The number of nitrogens with one attached hydrogen (secondary N) is 1. The second-order valence-electron chi connectivity index (χ2n) is 6.92. The molecule has 1 aliphatic carbocycles. The van der Waals surface area contributed by atoms with E-state index in [1.807, 2.05) is 37.4 Å². The zero-order chi connectivity index (χ0) is 20.6. The summed E-state index contributed by atoms with van der Waals surface area (Å²) in [5.74, 6) is -0.366. The van der Waals surface area contributed by atoms with E-state index in [1.54, 1.807) is 6.07 Å². The molecule has 2 aromatic carbocycles. The van der Waals surface area contributed by atoms with E-state index in [9.17, 15) is 17.6 Å². The molecule has 2 nitrogen and oxygen atoms in total. The molecule has 0 aliphatic heterocycles. The number of pyridine rings is 1. The van der Waals surface area contributed by atoms with E-state index in [1.165, 1.54) is 18.2 Å². The van der Waals surface area contributed by atoms with Crippen LogP contribution >= 0.6 is 0 Å². The summed E-state index contributed by atoms with van der Waals surface area (Å²) in [4.78, 5) is 3.90. The summed E-state index contributed by atoms with van der Waals surface area (Å²) in [5, 5.41) is 3.07. The standard InChI is InChI=1S/C23H18F4N2/c1-28-17-4-2-3-14(11-17)12-20-18-7-6-16(24)13-15(18)5-9-21-19(20)8-10-22(29-21)23(25,26)27/h2-4,6-8,10-13,28H,5,9H2,1H3/b20-12-. The first-order valence-corrected chi connectivity index (χ1v) is 9.21. The summed E-state index contributed by atoms with van der Waals surface area (Å²) in [6, 6.07) is 14.7. The van der Waals surface area contributed by atoms with Crippen LogP contribution in [0.1, 0.15) is 33.6 Å². The molecule has 0 spiro atoms. The Morgan fingerprint density at radius 2 is 1.76 bits per heavy atom. The number of fused-ring (bicyclic) bond motifs is 2. The topological polar surface area (TPSA) is 24.9 Å². The maximum atomic E-state index is 13.8. The Morgan fingerprint density at radius 3 is 2.52 bits per heavy atom. The van der Waals surface area contributed by atoms with Crippen LogP contribution in [0.25, 0.3) is 11.6 Å². The van der Waals surface area contributed by atoms with Gasteiger partial charge in [-0.05, 0) is 71.5 Å². The molecule has 0 amide bonds. The van der Waals surface area contributed by atoms with Crippen LogP contribution in [0.4, 0.5) is 23.2 Å². The van der Waals surface area contributed by atoms with Gasteiger partial charge >= 0.3 is 6.18 Å². The molecule has 0 bridgehead atoms. The summed E-state index contributed by atoms with van der Waals surface area (Å²) in [7, 11) is 1.81. The highest BCUT2D eigenvalue weighted by Crippen LogP contribution is 2.37. The number of halogens is 4. The fraction of sp³-hybridized carbons (Fsp3) is 0.174. The van der Waals surface area contributed by atoms with Crippen LogP contribution in [0.5, 0.6) is 0 Å². The third-order valence-corrected chi connectivity index (χ3v) is 5.03. The molecular formula is C23H18F4N2. The highest BCUT2D eigenvalue weighted by Gasteiger charge is 2.33. The minimum atomic E-state index is -4.51. The molecule has 0 radical (unpaired) electrons. The van der Waals surface area contributed by atoms with Gasteiger partial charge in [-0.3, -0.25) is 0 Å². The van der Waals surface area contributed by atoms with Crippen molar-refractivity contribution in [2.75, 3.05) is 12.4 Å². The van der Waals surface area contributed by atoms with Gasteiger partial charge in [-0.15, -0.1) is 0 Å². The Morgan fingerprint density at radius 1 is 0.966 bits per heavy atom. The third kappa shape index (κ3) is 3.88. The van der Waals surface area contributed by atoms with Gasteiger partial charge < -0.3 is 5.32 Å². The van der Waals surface area contributed by atoms with Crippen LogP contribution in [0.15, 0.2) is 54.6 Å². The average Bonchev–Trinajstić information content (AvgIpc) is 2.84. The smallest absolute Gasteiger partial charge is 0.388 e. The van der Waals surface area contributed by atoms with Crippen LogP contribution in [0.3, 0.4) is 0 Å². The molecule has 0 unspecified atom stereocenters. The number of nitrogens with zero attached hydrogens (tertiary/aromatic N) is 1. The molecule has 6 heteroatoms. The van der Waals surface area contributed by atoms with E-state index < -0.39 is 11.9 Å². The summed E-state index contributed by atoms with van der Waals surface area (Å²) >= 11 is 0. The number of hydrogen-bond donors (Lipinski definition) is 1. The quantitative estimate of drug-likeness (QED) is 0.538. The van der Waals surface area contributed by atoms with Crippen LogP contribution in [-0.2, 0) is 19.0 Å². The fourth-order valence-electron chi connectivity index (χ4n) is 3.63. The van der Waals surface area contributed by atoms with Crippen LogP contribution in [0.2, 0.25) is 0 Å². The van der Waals surface area contributed by atoms with Crippen LogP contribution < -0.4 is 5.32 Å². The van der Waals surface area contributed by atoms with Crippen LogP contribution in [-0.4, -0.2) is 12.0 Å². The minimum Gasteiger partial charge on any atom is -0.388 e. The first-order chi connectivity index (χ1) is 13.8. The number of aromatic nitrogens is 1. The second kappa shape index (κ2) is 7.35. The Balaban J connectivity index is 1.93. The fourth-order valence-corrected chi connectivity index (χ4v) is 3.63. The first-order valence-electron chi connectivity index (χ1n) is 9.21. The van der Waals surface area contributed by atoms with Gasteiger partial charge in [0.25, 0.3) is 0 Å². The second-order valence-corrected chi connectivity index (χ2v) is 6.92. The van der Waals surface area contributed by atoms with Crippen molar-refractivity contribution in [2.24, 2.45) is 0 Å². The van der Waals surface area contributed by atoms with Crippen molar-refractivity contribution in [3.8, 4) is 0 Å². The highest BCUT2D eigenvalue weighted by molar-refractivity contribution is 5.94. The molecule has 0 atom stereocenters. The maximum Gasteiger partial charge on any atom is 0.433 e. The van der Waals surface area contributed by atoms with E-state index >= 15 is 0 Å². The van der Waals surface area contributed by atoms with Gasteiger partial charge in [-0.1, -0.05) is 24.3 Å². The monoisotopic (exact) mass is 398 g/mol. The lowest BCUT2D eigenvalue weighted by Crippen LogP contribution is -2.10. The molecule has 0 fully saturated rings. The Hall–Kier alpha value is -3.15. The molecule has 4 rings (SSSR count). The summed E-state index contributed by atoms with van der Waals surface area (Å²) in [5.41, 5.74) is 4.19. The molecule has 1 aliphatic rings. The normalized spacial score (nSPS) is 14.9. The molecule has 148 valence electrons. The van der Waals surface area contributed by atoms with Gasteiger partial charge in [-0.25, -0.2) is 9.37 Å². The number of hydrogen-bond acceptors (Lipinski definition) is 2. The van der Waals surface area contributed by atoms with Gasteiger partial charge in [0.1, 0.15) is 11.5 Å². The Labute approximate surface area is 165 Å². The van der Waals surface area contributed by atoms with Crippen molar-refractivity contribution in [1.82, 2.24) is 4.98 Å². The number of alkyl halides is 3. The molecule has 0 saturated heterocycles. The predicted octanol–water partition coefficient (Wildman–Crippen LogP) is 5.97. The van der Waals surface area contributed by atoms with Crippen molar-refractivity contribution >= 4 is 17.3 Å². The van der Waals surface area contributed by atoms with Gasteiger partial charge in [-0.2, -0.15) is 13.2 Å². The molecule has 29 heavy (non-hydrogen) atoms. The van der Waals surface area contributed by atoms with Gasteiger partial charge in [0.15, 0.2) is 0 Å². The summed E-state index contributed by atoms with van der Waals surface area (Å²) in [6.45, 7) is 0. The van der Waals surface area contributed by atoms with E-state index in [0.29, 0.717) is 24.1 Å². The number of aryl methyl sites for hydroxylation is 2. The lowest BCUT2D eigenvalue weighted by molar-refractivity contribution is -0.141. The summed E-state index contributed by atoms with van der Waals surface area (Å²) in [6.07, 6.45) is -1.87. The highest BCUT2D eigenvalue weighted by atomic mass is 19.4. The van der Waals surface area contributed by atoms with Crippen molar-refractivity contribution in [3.63, 3.8) is 0 Å². The first kappa shape index (κ1) is 19.2. The van der Waals surface area contributed by atoms with E-state index in [4.69, 9.17) is 0 Å². The molecule has 1 aromatic heterocycles. The Kier molecular flexibility index (Phi) is 4.86. The van der Waals surface area contributed by atoms with Gasteiger partial charge in [0.05, 0.1) is 0 Å². The zero-order valence-corrected chi connectivity index (χ0v) is 15.6. The molecule has 1 N–H and O–H groups in total. The van der Waals surface area contributed by atoms with Crippen LogP contribution in [0, 0.1) is 5.82 Å². The van der Waals surface area contributed by atoms with Crippen molar-refractivity contribution in [1.29, 1.82) is 0 Å². The number of rotatable bonds is 2.